The van der Waals surface area contributed by atoms with E-state index < -0.39 is 5.67 Å². The maximum atomic E-state index is 14.1. The van der Waals surface area contributed by atoms with Gasteiger partial charge < -0.3 is 5.73 Å². The van der Waals surface area contributed by atoms with E-state index in [1.54, 1.807) is 4.68 Å². The molecule has 0 bridgehead atoms. The number of hydrogen-bond donors (Lipinski definition) is 1. The topological polar surface area (TPSA) is 43.8 Å². The van der Waals surface area contributed by atoms with Gasteiger partial charge in [0.25, 0.3) is 0 Å². The highest BCUT2D eigenvalue weighted by Crippen LogP contribution is 2.27. The van der Waals surface area contributed by atoms with Crippen LogP contribution in [0.4, 0.5) is 4.39 Å². The molecule has 5 heteroatoms. The fourth-order valence-electron chi connectivity index (χ4n) is 1.51. The van der Waals surface area contributed by atoms with Crippen LogP contribution in [0.2, 0.25) is 0 Å². The zero-order chi connectivity index (χ0) is 11.6. The van der Waals surface area contributed by atoms with E-state index in [9.17, 15) is 4.39 Å². The zero-order valence-corrected chi connectivity index (χ0v) is 10.9. The van der Waals surface area contributed by atoms with Crippen molar-refractivity contribution < 1.29 is 4.39 Å². The van der Waals surface area contributed by atoms with Gasteiger partial charge in [-0.05, 0) is 29.3 Å². The van der Waals surface area contributed by atoms with Crippen LogP contribution in [-0.4, -0.2) is 22.0 Å². The monoisotopic (exact) mass is 277 g/mol. The summed E-state index contributed by atoms with van der Waals surface area (Å²) in [5.41, 5.74) is 5.86. The molecule has 1 atom stereocenters. The molecule has 0 saturated carbocycles. The lowest BCUT2D eigenvalue weighted by Gasteiger charge is -2.21. The molecular weight excluding hydrogens is 261 g/mol. The molecule has 1 aromatic heterocycles. The third-order valence-electron chi connectivity index (χ3n) is 2.75. The molecule has 0 spiro atoms. The van der Waals surface area contributed by atoms with Gasteiger partial charge in [-0.3, -0.25) is 4.68 Å². The number of hydrogen-bond acceptors (Lipinski definition) is 2. The highest BCUT2D eigenvalue weighted by atomic mass is 79.9. The summed E-state index contributed by atoms with van der Waals surface area (Å²) in [6, 6.07) is 0. The quantitative estimate of drug-likeness (QED) is 0.916. The molecule has 0 aliphatic carbocycles. The molecule has 0 aromatic carbocycles. The van der Waals surface area contributed by atoms with E-state index in [-0.39, 0.29) is 6.54 Å². The average Bonchev–Trinajstić information content (AvgIpc) is 2.45. The lowest BCUT2D eigenvalue weighted by molar-refractivity contribution is 0.164. The second-order valence-electron chi connectivity index (χ2n) is 3.86. The van der Waals surface area contributed by atoms with E-state index >= 15 is 0 Å². The minimum atomic E-state index is -1.33. The molecule has 15 heavy (non-hydrogen) atoms. The second-order valence-corrected chi connectivity index (χ2v) is 4.65. The standard InChI is InChI=1S/C10H17BrFN3/c1-4-10(12,6-13)5-8-9(11)7(2)14-15(8)3/h4-6,13H2,1-3H3. The van der Waals surface area contributed by atoms with E-state index in [1.807, 2.05) is 20.9 Å². The number of alkyl halides is 1. The van der Waals surface area contributed by atoms with Gasteiger partial charge in [0.15, 0.2) is 0 Å². The van der Waals surface area contributed by atoms with Crippen LogP contribution in [0.25, 0.3) is 0 Å². The van der Waals surface area contributed by atoms with Gasteiger partial charge in [-0.15, -0.1) is 0 Å². The summed E-state index contributed by atoms with van der Waals surface area (Å²) < 4.78 is 16.7. The molecule has 1 aromatic rings. The van der Waals surface area contributed by atoms with Crippen LogP contribution in [0, 0.1) is 6.92 Å². The van der Waals surface area contributed by atoms with Gasteiger partial charge in [-0.25, -0.2) is 4.39 Å². The molecule has 0 aliphatic heterocycles. The second kappa shape index (κ2) is 4.61. The van der Waals surface area contributed by atoms with Crippen molar-refractivity contribution in [3.05, 3.63) is 15.9 Å². The van der Waals surface area contributed by atoms with Gasteiger partial charge in [-0.1, -0.05) is 6.92 Å². The molecule has 0 amide bonds. The molecule has 1 heterocycles. The van der Waals surface area contributed by atoms with Gasteiger partial charge >= 0.3 is 0 Å². The van der Waals surface area contributed by atoms with Gasteiger partial charge in [0, 0.05) is 20.0 Å². The lowest BCUT2D eigenvalue weighted by atomic mass is 9.97. The fraction of sp³-hybridized carbons (Fsp3) is 0.700. The third kappa shape index (κ3) is 2.58. The van der Waals surface area contributed by atoms with Crippen LogP contribution >= 0.6 is 15.9 Å². The Balaban J connectivity index is 2.98. The molecule has 1 unspecified atom stereocenters. The van der Waals surface area contributed by atoms with Crippen LogP contribution in [0.15, 0.2) is 4.47 Å². The Morgan fingerprint density at radius 3 is 2.53 bits per heavy atom. The minimum absolute atomic E-state index is 0.0418. The Hall–Kier alpha value is -0.420. The maximum absolute atomic E-state index is 14.1. The molecule has 0 fully saturated rings. The number of aromatic nitrogens is 2. The van der Waals surface area contributed by atoms with Crippen LogP contribution < -0.4 is 5.73 Å². The van der Waals surface area contributed by atoms with Crippen LogP contribution in [0.5, 0.6) is 0 Å². The van der Waals surface area contributed by atoms with E-state index in [2.05, 4.69) is 21.0 Å². The smallest absolute Gasteiger partial charge is 0.128 e. The molecular formula is C10H17BrFN3. The molecule has 3 nitrogen and oxygen atoms in total. The highest BCUT2D eigenvalue weighted by Gasteiger charge is 2.29. The Morgan fingerprint density at radius 2 is 2.20 bits per heavy atom. The highest BCUT2D eigenvalue weighted by molar-refractivity contribution is 9.10. The van der Waals surface area contributed by atoms with E-state index in [1.165, 1.54) is 0 Å². The molecule has 0 saturated heterocycles. The zero-order valence-electron chi connectivity index (χ0n) is 9.35. The van der Waals surface area contributed by atoms with Gasteiger partial charge in [0.1, 0.15) is 5.67 Å². The summed E-state index contributed by atoms with van der Waals surface area (Å²) in [4.78, 5) is 0. The first-order valence-electron chi connectivity index (χ1n) is 5.00. The molecule has 86 valence electrons. The average molecular weight is 278 g/mol. The maximum Gasteiger partial charge on any atom is 0.128 e. The number of rotatable bonds is 4. The predicted octanol–water partition coefficient (Wildman–Crippen LogP) is 2.11. The Bertz CT molecular complexity index is 345. The number of halogens is 2. The van der Waals surface area contributed by atoms with Crippen molar-refractivity contribution in [2.24, 2.45) is 12.8 Å². The van der Waals surface area contributed by atoms with E-state index in [4.69, 9.17) is 5.73 Å². The lowest BCUT2D eigenvalue weighted by Crippen LogP contribution is -2.35. The SMILES string of the molecule is CCC(F)(CN)Cc1c(Br)c(C)nn1C. The first-order chi connectivity index (χ1) is 6.93. The van der Waals surface area contributed by atoms with Crippen molar-refractivity contribution in [3.8, 4) is 0 Å². The largest absolute Gasteiger partial charge is 0.328 e. The van der Waals surface area contributed by atoms with Gasteiger partial charge in [0.05, 0.1) is 15.9 Å². The summed E-state index contributed by atoms with van der Waals surface area (Å²) in [6.45, 7) is 3.74. The number of nitrogens with two attached hydrogens (primary N) is 1. The van der Waals surface area contributed by atoms with Crippen LogP contribution in [0.3, 0.4) is 0 Å². The van der Waals surface area contributed by atoms with Crippen molar-refractivity contribution in [1.29, 1.82) is 0 Å². The first kappa shape index (κ1) is 12.6. The summed E-state index contributed by atoms with van der Waals surface area (Å²) in [5, 5.41) is 4.23. The third-order valence-corrected chi connectivity index (χ3v) is 3.78. The van der Waals surface area contributed by atoms with Crippen molar-refractivity contribution in [2.45, 2.75) is 32.4 Å². The van der Waals surface area contributed by atoms with Crippen molar-refractivity contribution >= 4 is 15.9 Å². The predicted molar refractivity (Wildman–Crippen MR) is 62.5 cm³/mol. The van der Waals surface area contributed by atoms with Crippen molar-refractivity contribution in [1.82, 2.24) is 9.78 Å². The Morgan fingerprint density at radius 1 is 1.60 bits per heavy atom. The molecule has 0 radical (unpaired) electrons. The normalized spacial score (nSPS) is 15.3. The first-order valence-corrected chi connectivity index (χ1v) is 5.79. The van der Waals surface area contributed by atoms with E-state index in [0.29, 0.717) is 12.8 Å². The van der Waals surface area contributed by atoms with Crippen molar-refractivity contribution in [2.75, 3.05) is 6.54 Å². The summed E-state index contributed by atoms with van der Waals surface area (Å²) >= 11 is 3.42. The molecule has 1 rings (SSSR count). The Labute approximate surface area is 98.0 Å². The van der Waals surface area contributed by atoms with Crippen LogP contribution in [-0.2, 0) is 13.5 Å². The number of aryl methyl sites for hydroxylation is 2. The summed E-state index contributed by atoms with van der Waals surface area (Å²) in [6.07, 6.45) is 0.720. The van der Waals surface area contributed by atoms with Crippen LogP contribution in [0.1, 0.15) is 24.7 Å². The minimum Gasteiger partial charge on any atom is -0.328 e. The summed E-state index contributed by atoms with van der Waals surface area (Å²) in [5.74, 6) is 0. The van der Waals surface area contributed by atoms with Crippen molar-refractivity contribution in [3.63, 3.8) is 0 Å². The van der Waals surface area contributed by atoms with Gasteiger partial charge in [0.2, 0.25) is 0 Å². The van der Waals surface area contributed by atoms with E-state index in [0.717, 1.165) is 15.9 Å². The molecule has 2 N–H and O–H groups in total. The fourth-order valence-corrected chi connectivity index (χ4v) is 1.99. The summed E-state index contributed by atoms with van der Waals surface area (Å²) in [7, 11) is 1.82. The Kier molecular flexibility index (Phi) is 3.89. The number of nitrogens with zero attached hydrogens (tertiary/aromatic N) is 2. The molecule has 0 aliphatic rings. The van der Waals surface area contributed by atoms with Gasteiger partial charge in [-0.2, -0.15) is 5.10 Å².